The molecule has 0 aromatic rings. The maximum Gasteiger partial charge on any atom is 0.472 e. The number of aliphatic hydroxyl groups is 1. The largest absolute Gasteiger partial charge is 0.472 e. The second-order valence-electron chi connectivity index (χ2n) is 28.6. The van der Waals surface area contributed by atoms with Gasteiger partial charge in [-0.1, -0.05) is 337 Å². The summed E-state index contributed by atoms with van der Waals surface area (Å²) in [5.74, 6) is 0.0689. The van der Waals surface area contributed by atoms with E-state index in [9.17, 15) is 43.2 Å². The Hall–Kier alpha value is -1.94. The van der Waals surface area contributed by atoms with Crippen LogP contribution in [0.1, 0.15) is 389 Å². The van der Waals surface area contributed by atoms with Gasteiger partial charge in [0.05, 0.1) is 26.4 Å². The van der Waals surface area contributed by atoms with Crippen LogP contribution in [0.4, 0.5) is 0 Å². The van der Waals surface area contributed by atoms with Crippen LogP contribution in [-0.2, 0) is 65.4 Å². The molecule has 0 saturated carbocycles. The molecule has 95 heavy (non-hydrogen) atoms. The molecule has 0 aromatic heterocycles. The summed E-state index contributed by atoms with van der Waals surface area (Å²) in [6.45, 7) is 11.8. The summed E-state index contributed by atoms with van der Waals surface area (Å²) >= 11 is 0. The van der Waals surface area contributed by atoms with Crippen LogP contribution in [0, 0.1) is 17.8 Å². The Balaban J connectivity index is 5.18. The van der Waals surface area contributed by atoms with Crippen molar-refractivity contribution in [1.82, 2.24) is 0 Å². The smallest absolute Gasteiger partial charge is 0.462 e. The minimum atomic E-state index is -4.96. The Morgan fingerprint density at radius 1 is 0.305 bits per heavy atom. The summed E-state index contributed by atoms with van der Waals surface area (Å²) in [6.07, 6.45) is 53.1. The van der Waals surface area contributed by atoms with Crippen LogP contribution in [0.25, 0.3) is 0 Å². The number of phosphoric acid groups is 2. The maximum atomic E-state index is 13.1. The highest BCUT2D eigenvalue weighted by molar-refractivity contribution is 7.47. The molecule has 0 saturated heterocycles. The zero-order valence-corrected chi connectivity index (χ0v) is 63.9. The predicted molar refractivity (Wildman–Crippen MR) is 386 cm³/mol. The van der Waals surface area contributed by atoms with Gasteiger partial charge in [-0.05, 0) is 43.4 Å². The van der Waals surface area contributed by atoms with Crippen LogP contribution in [-0.4, -0.2) is 96.7 Å². The quantitative estimate of drug-likeness (QED) is 0.0222. The van der Waals surface area contributed by atoms with Crippen molar-refractivity contribution < 1.29 is 80.2 Å². The summed E-state index contributed by atoms with van der Waals surface area (Å²) < 4.78 is 68.4. The van der Waals surface area contributed by atoms with Gasteiger partial charge < -0.3 is 33.8 Å². The molecule has 0 aromatic carbocycles. The fourth-order valence-corrected chi connectivity index (χ4v) is 13.1. The third kappa shape index (κ3) is 69.0. The number of unbranched alkanes of at least 4 members (excludes halogenated alkanes) is 41. The molecular weight excluding hydrogens is 1250 g/mol. The van der Waals surface area contributed by atoms with Crippen LogP contribution < -0.4 is 0 Å². The van der Waals surface area contributed by atoms with Gasteiger partial charge in [-0.15, -0.1) is 0 Å². The Morgan fingerprint density at radius 2 is 0.537 bits per heavy atom. The lowest BCUT2D eigenvalue weighted by Crippen LogP contribution is -2.30. The SMILES string of the molecule is CCCCCCCCCCCCCCCCCCCCCCCCC(=O)O[C@H](COC(=O)CCCCCCCCCCCC(C)C)COP(=O)(O)OC[C@@H](O)COP(=O)(O)OC[C@@H](COC(=O)CCCCCCCCC(C)CC)OC(=O)CCCCCCCCCCC(C)C. The number of hydrogen-bond donors (Lipinski definition) is 3. The molecule has 3 unspecified atom stereocenters. The average Bonchev–Trinajstić information content (AvgIpc) is 2.25. The van der Waals surface area contributed by atoms with E-state index in [1.807, 2.05) is 0 Å². The van der Waals surface area contributed by atoms with Gasteiger partial charge in [0, 0.05) is 25.7 Å². The molecule has 0 rings (SSSR count). The van der Waals surface area contributed by atoms with Crippen LogP contribution in [0.5, 0.6) is 0 Å². The van der Waals surface area contributed by atoms with Gasteiger partial charge in [0.25, 0.3) is 0 Å². The lowest BCUT2D eigenvalue weighted by Gasteiger charge is -2.21. The number of aliphatic hydroxyl groups excluding tert-OH is 1. The van der Waals surface area contributed by atoms with Crippen molar-refractivity contribution in [2.45, 2.75) is 407 Å². The topological polar surface area (TPSA) is 237 Å². The van der Waals surface area contributed by atoms with Crippen molar-refractivity contribution in [2.24, 2.45) is 17.8 Å². The summed E-state index contributed by atoms with van der Waals surface area (Å²) in [5, 5.41) is 10.6. The number of esters is 4. The van der Waals surface area contributed by atoms with Gasteiger partial charge in [-0.2, -0.15) is 0 Å². The highest BCUT2D eigenvalue weighted by atomic mass is 31.2. The van der Waals surface area contributed by atoms with Crippen molar-refractivity contribution in [3.05, 3.63) is 0 Å². The van der Waals surface area contributed by atoms with Crippen LogP contribution >= 0.6 is 15.6 Å². The number of phosphoric ester groups is 2. The predicted octanol–water partition coefficient (Wildman–Crippen LogP) is 22.2. The van der Waals surface area contributed by atoms with Crippen molar-refractivity contribution in [3.63, 3.8) is 0 Å². The molecule has 17 nitrogen and oxygen atoms in total. The van der Waals surface area contributed by atoms with E-state index in [4.69, 9.17) is 37.0 Å². The Kier molecular flexibility index (Phi) is 65.2. The highest BCUT2D eigenvalue weighted by Crippen LogP contribution is 2.45. The van der Waals surface area contributed by atoms with E-state index in [0.717, 1.165) is 114 Å². The van der Waals surface area contributed by atoms with Crippen molar-refractivity contribution in [1.29, 1.82) is 0 Å². The van der Waals surface area contributed by atoms with Crippen molar-refractivity contribution in [3.8, 4) is 0 Å². The number of carbonyl (C=O) groups is 4. The van der Waals surface area contributed by atoms with Gasteiger partial charge in [0.2, 0.25) is 0 Å². The molecule has 6 atom stereocenters. The molecule has 0 aliphatic carbocycles. The lowest BCUT2D eigenvalue weighted by molar-refractivity contribution is -0.161. The first-order valence-corrected chi connectivity index (χ1v) is 42.4. The summed E-state index contributed by atoms with van der Waals surface area (Å²) in [5.41, 5.74) is 0. The molecule has 0 aliphatic rings. The van der Waals surface area contributed by atoms with Crippen molar-refractivity contribution in [2.75, 3.05) is 39.6 Å². The van der Waals surface area contributed by atoms with E-state index in [1.54, 1.807) is 0 Å². The van der Waals surface area contributed by atoms with Gasteiger partial charge >= 0.3 is 39.5 Å². The summed E-state index contributed by atoms with van der Waals surface area (Å²) in [7, 11) is -9.91. The molecule has 0 heterocycles. The van der Waals surface area contributed by atoms with Crippen LogP contribution in [0.3, 0.4) is 0 Å². The second-order valence-corrected chi connectivity index (χ2v) is 31.5. The van der Waals surface area contributed by atoms with E-state index in [0.29, 0.717) is 25.7 Å². The van der Waals surface area contributed by atoms with Crippen LogP contribution in [0.15, 0.2) is 0 Å². The second kappa shape index (κ2) is 66.6. The first-order chi connectivity index (χ1) is 45.8. The van der Waals surface area contributed by atoms with E-state index in [-0.39, 0.29) is 25.7 Å². The maximum absolute atomic E-state index is 13.1. The fraction of sp³-hybridized carbons (Fsp3) is 0.947. The normalized spacial score (nSPS) is 14.4. The van der Waals surface area contributed by atoms with Crippen molar-refractivity contribution >= 4 is 39.5 Å². The first kappa shape index (κ1) is 93.1. The van der Waals surface area contributed by atoms with Gasteiger partial charge in [0.1, 0.15) is 19.3 Å². The molecule has 0 spiro atoms. The molecule has 0 bridgehead atoms. The Morgan fingerprint density at radius 3 is 0.800 bits per heavy atom. The van der Waals surface area contributed by atoms with Gasteiger partial charge in [-0.3, -0.25) is 37.3 Å². The monoisotopic (exact) mass is 1400 g/mol. The zero-order valence-electron chi connectivity index (χ0n) is 62.1. The minimum Gasteiger partial charge on any atom is -0.462 e. The molecule has 0 aliphatic heterocycles. The Labute approximate surface area is 581 Å². The van der Waals surface area contributed by atoms with E-state index < -0.39 is 97.5 Å². The standard InChI is InChI=1S/C76H148O17P2/c1-8-10-11-12-13-14-15-16-17-18-19-20-21-22-23-24-25-26-29-36-45-52-59-75(80)92-71(63-86-73(78)57-50-43-35-30-27-28-33-40-47-54-67(3)4)65-90-94(82,83)88-61-70(77)62-89-95(84,85)91-66-72(64-87-74(79)58-51-44-39-38-42-49-56-69(7)9-2)93-76(81)60-53-46-37-32-31-34-41-48-55-68(5)6/h67-72,77H,8-66H2,1-7H3,(H,82,83)(H,84,85)/t69?,70-,71-,72-/m1/s1. The molecule has 564 valence electrons. The van der Waals surface area contributed by atoms with E-state index in [2.05, 4.69) is 48.5 Å². The number of hydrogen-bond acceptors (Lipinski definition) is 15. The third-order valence-electron chi connectivity index (χ3n) is 18.0. The fourth-order valence-electron chi connectivity index (χ4n) is 11.6. The lowest BCUT2D eigenvalue weighted by atomic mass is 10.00. The highest BCUT2D eigenvalue weighted by Gasteiger charge is 2.30. The van der Waals surface area contributed by atoms with Gasteiger partial charge in [0.15, 0.2) is 12.2 Å². The van der Waals surface area contributed by atoms with Crippen LogP contribution in [0.2, 0.25) is 0 Å². The summed E-state index contributed by atoms with van der Waals surface area (Å²) in [6, 6.07) is 0. The zero-order chi connectivity index (χ0) is 70.1. The first-order valence-electron chi connectivity index (χ1n) is 39.4. The minimum absolute atomic E-state index is 0.103. The molecule has 0 fully saturated rings. The number of carbonyl (C=O) groups excluding carboxylic acids is 4. The average molecular weight is 1400 g/mol. The number of ether oxygens (including phenoxy) is 4. The van der Waals surface area contributed by atoms with E-state index in [1.165, 1.54) is 193 Å². The Bertz CT molecular complexity index is 1850. The third-order valence-corrected chi connectivity index (χ3v) is 19.9. The molecule has 19 heteroatoms. The number of rotatable bonds is 74. The molecule has 3 N–H and O–H groups in total. The molecular formula is C76H148O17P2. The molecule has 0 amide bonds. The molecule has 0 radical (unpaired) electrons. The van der Waals surface area contributed by atoms with Gasteiger partial charge in [-0.25, -0.2) is 9.13 Å². The van der Waals surface area contributed by atoms with E-state index >= 15 is 0 Å². The summed E-state index contributed by atoms with van der Waals surface area (Å²) in [4.78, 5) is 72.7.